The first-order chi connectivity index (χ1) is 12.7. The number of ether oxygens (including phenoxy) is 2. The Kier molecular flexibility index (Phi) is 5.91. The first-order valence-corrected chi connectivity index (χ1v) is 8.45. The molecule has 0 bridgehead atoms. The maximum Gasteiger partial charge on any atom is 0.218 e. The molecule has 0 atom stereocenters. The van der Waals surface area contributed by atoms with Gasteiger partial charge in [-0.2, -0.15) is 5.10 Å². The van der Waals surface area contributed by atoms with Gasteiger partial charge in [0.2, 0.25) is 5.95 Å². The highest BCUT2D eigenvalue weighted by atomic mass is 35.5. The lowest BCUT2D eigenvalue weighted by Crippen LogP contribution is -2.04. The highest BCUT2D eigenvalue weighted by Crippen LogP contribution is 2.37. The number of halogens is 2. The number of H-pyrrole nitrogens is 1. The first kappa shape index (κ1) is 18.0. The van der Waals surface area contributed by atoms with Crippen LogP contribution in [0.4, 0.5) is 10.3 Å². The largest absolute Gasteiger partial charge is 0.490 e. The molecule has 0 unspecified atom stereocenters. The summed E-state index contributed by atoms with van der Waals surface area (Å²) in [7, 11) is 0. The summed E-state index contributed by atoms with van der Waals surface area (Å²) in [5.74, 6) is 1.29. The number of aromatic nitrogens is 3. The highest BCUT2D eigenvalue weighted by Gasteiger charge is 2.13. The summed E-state index contributed by atoms with van der Waals surface area (Å²) in [5.41, 5.74) is 1.74. The molecule has 0 amide bonds. The maximum atomic E-state index is 13.0. The molecule has 136 valence electrons. The normalized spacial score (nSPS) is 10.6. The van der Waals surface area contributed by atoms with Gasteiger partial charge in [-0.15, -0.1) is 0 Å². The summed E-state index contributed by atoms with van der Waals surface area (Å²) in [6.45, 7) is 3.11. The number of benzene rings is 2. The van der Waals surface area contributed by atoms with Crippen LogP contribution >= 0.6 is 11.6 Å². The van der Waals surface area contributed by atoms with Crippen LogP contribution in [0.5, 0.6) is 11.5 Å². The summed E-state index contributed by atoms with van der Waals surface area (Å²) < 4.78 is 24.5. The van der Waals surface area contributed by atoms with Crippen molar-refractivity contribution in [3.8, 4) is 11.5 Å². The molecule has 0 aliphatic heterocycles. The minimum atomic E-state index is -0.287. The average Bonchev–Trinajstić information content (AvgIpc) is 3.14. The Hall–Kier alpha value is -2.80. The van der Waals surface area contributed by atoms with Gasteiger partial charge in [-0.1, -0.05) is 23.7 Å². The predicted molar refractivity (Wildman–Crippen MR) is 97.1 cm³/mol. The molecule has 1 heterocycles. The van der Waals surface area contributed by atoms with Gasteiger partial charge in [0.15, 0.2) is 11.5 Å². The summed E-state index contributed by atoms with van der Waals surface area (Å²) in [4.78, 5) is 4.01. The number of nitrogens with zero attached hydrogens (tertiary/aromatic N) is 2. The van der Waals surface area contributed by atoms with Crippen LogP contribution in [-0.2, 0) is 13.2 Å². The lowest BCUT2D eigenvalue weighted by molar-refractivity contribution is 0.269. The Balaban J connectivity index is 1.74. The van der Waals surface area contributed by atoms with Crippen LogP contribution in [0.1, 0.15) is 18.1 Å². The highest BCUT2D eigenvalue weighted by molar-refractivity contribution is 6.32. The van der Waals surface area contributed by atoms with Gasteiger partial charge in [-0.05, 0) is 42.3 Å². The van der Waals surface area contributed by atoms with Crippen molar-refractivity contribution in [2.45, 2.75) is 20.1 Å². The number of aromatic amines is 1. The van der Waals surface area contributed by atoms with Crippen LogP contribution in [0.3, 0.4) is 0 Å². The van der Waals surface area contributed by atoms with Gasteiger partial charge in [0.25, 0.3) is 0 Å². The number of hydrogen-bond acceptors (Lipinski definition) is 5. The third-order valence-corrected chi connectivity index (χ3v) is 3.82. The van der Waals surface area contributed by atoms with E-state index in [0.717, 1.165) is 11.1 Å². The van der Waals surface area contributed by atoms with Gasteiger partial charge < -0.3 is 14.8 Å². The van der Waals surface area contributed by atoms with Gasteiger partial charge in [-0.25, -0.2) is 14.5 Å². The average molecular weight is 377 g/mol. The minimum absolute atomic E-state index is 0.260. The molecule has 6 nitrogen and oxygen atoms in total. The fourth-order valence-corrected chi connectivity index (χ4v) is 2.63. The van der Waals surface area contributed by atoms with E-state index in [1.165, 1.54) is 18.5 Å². The Bertz CT molecular complexity index is 841. The van der Waals surface area contributed by atoms with Crippen molar-refractivity contribution in [1.82, 2.24) is 15.2 Å². The van der Waals surface area contributed by atoms with E-state index in [4.69, 9.17) is 21.1 Å². The molecule has 3 aromatic rings. The number of anilines is 1. The summed E-state index contributed by atoms with van der Waals surface area (Å²) in [6, 6.07) is 9.77. The monoisotopic (exact) mass is 376 g/mol. The smallest absolute Gasteiger partial charge is 0.218 e. The zero-order valence-corrected chi connectivity index (χ0v) is 14.9. The van der Waals surface area contributed by atoms with E-state index in [0.29, 0.717) is 35.6 Å². The van der Waals surface area contributed by atoms with Gasteiger partial charge in [-0.3, -0.25) is 0 Å². The Labute approximate surface area is 155 Å². The second-order valence-corrected chi connectivity index (χ2v) is 5.85. The van der Waals surface area contributed by atoms with Crippen molar-refractivity contribution in [3.05, 3.63) is 64.7 Å². The predicted octanol–water partition coefficient (Wildman–Crippen LogP) is 4.19. The van der Waals surface area contributed by atoms with Crippen LogP contribution in [-0.4, -0.2) is 21.8 Å². The van der Waals surface area contributed by atoms with E-state index in [1.807, 2.05) is 13.0 Å². The van der Waals surface area contributed by atoms with E-state index >= 15 is 0 Å². The molecule has 1 aromatic heterocycles. The van der Waals surface area contributed by atoms with E-state index in [1.54, 1.807) is 18.2 Å². The Morgan fingerprint density at radius 1 is 1.15 bits per heavy atom. The molecule has 0 saturated carbocycles. The fourth-order valence-electron chi connectivity index (χ4n) is 2.34. The quantitative estimate of drug-likeness (QED) is 0.616. The molecule has 26 heavy (non-hydrogen) atoms. The number of rotatable bonds is 8. The fraction of sp³-hybridized carbons (Fsp3) is 0.222. The van der Waals surface area contributed by atoms with E-state index in [9.17, 15) is 4.39 Å². The Morgan fingerprint density at radius 2 is 1.96 bits per heavy atom. The first-order valence-electron chi connectivity index (χ1n) is 8.07. The molecule has 0 fully saturated rings. The summed E-state index contributed by atoms with van der Waals surface area (Å²) >= 11 is 6.39. The molecule has 0 radical (unpaired) electrons. The molecule has 3 rings (SSSR count). The zero-order chi connectivity index (χ0) is 18.4. The third-order valence-electron chi connectivity index (χ3n) is 3.54. The standard InChI is InChI=1S/C18H18ClFN4O2/c1-2-25-16-8-13(9-21-18-22-11-23-24-18)7-15(19)17(16)26-10-12-3-5-14(20)6-4-12/h3-8,11H,2,9-10H2,1H3,(H2,21,22,23,24). The van der Waals surface area contributed by atoms with Gasteiger partial charge in [0.05, 0.1) is 11.6 Å². The number of nitrogens with one attached hydrogen (secondary N) is 2. The molecule has 2 N–H and O–H groups in total. The topological polar surface area (TPSA) is 72.1 Å². The van der Waals surface area contributed by atoms with Crippen LogP contribution in [0.2, 0.25) is 5.02 Å². The van der Waals surface area contributed by atoms with Crippen LogP contribution < -0.4 is 14.8 Å². The van der Waals surface area contributed by atoms with Crippen LogP contribution in [0.15, 0.2) is 42.7 Å². The van der Waals surface area contributed by atoms with Gasteiger partial charge in [0.1, 0.15) is 18.8 Å². The molecule has 0 saturated heterocycles. The maximum absolute atomic E-state index is 13.0. The van der Waals surface area contributed by atoms with E-state index in [-0.39, 0.29) is 12.4 Å². The van der Waals surface area contributed by atoms with Crippen LogP contribution in [0.25, 0.3) is 0 Å². The van der Waals surface area contributed by atoms with Crippen molar-refractivity contribution >= 4 is 17.5 Å². The molecular weight excluding hydrogens is 359 g/mol. The van der Waals surface area contributed by atoms with Crippen molar-refractivity contribution in [2.24, 2.45) is 0 Å². The lowest BCUT2D eigenvalue weighted by Gasteiger charge is -2.15. The van der Waals surface area contributed by atoms with Crippen molar-refractivity contribution < 1.29 is 13.9 Å². The van der Waals surface area contributed by atoms with Crippen LogP contribution in [0, 0.1) is 5.82 Å². The second-order valence-electron chi connectivity index (χ2n) is 5.44. The molecular formula is C18H18ClFN4O2. The molecule has 2 aromatic carbocycles. The Morgan fingerprint density at radius 3 is 2.65 bits per heavy atom. The molecule has 0 aliphatic rings. The zero-order valence-electron chi connectivity index (χ0n) is 14.1. The molecule has 0 aliphatic carbocycles. The molecule has 8 heteroatoms. The summed E-state index contributed by atoms with van der Waals surface area (Å²) in [5, 5.41) is 10.0. The second kappa shape index (κ2) is 8.53. The summed E-state index contributed by atoms with van der Waals surface area (Å²) in [6.07, 6.45) is 1.42. The third kappa shape index (κ3) is 4.64. The lowest BCUT2D eigenvalue weighted by atomic mass is 10.2. The van der Waals surface area contributed by atoms with Crippen molar-refractivity contribution in [3.63, 3.8) is 0 Å². The van der Waals surface area contributed by atoms with E-state index in [2.05, 4.69) is 20.5 Å². The molecule has 0 spiro atoms. The van der Waals surface area contributed by atoms with Crippen molar-refractivity contribution in [1.29, 1.82) is 0 Å². The van der Waals surface area contributed by atoms with E-state index < -0.39 is 0 Å². The SMILES string of the molecule is CCOc1cc(CNc2ncn[nH]2)cc(Cl)c1OCc1ccc(F)cc1. The van der Waals surface area contributed by atoms with Gasteiger partial charge in [0, 0.05) is 6.54 Å². The number of hydrogen-bond donors (Lipinski definition) is 2. The van der Waals surface area contributed by atoms with Gasteiger partial charge >= 0.3 is 0 Å². The minimum Gasteiger partial charge on any atom is -0.490 e. The van der Waals surface area contributed by atoms with Crippen molar-refractivity contribution in [2.75, 3.05) is 11.9 Å².